The molecule has 1 unspecified atom stereocenters. The van der Waals surface area contributed by atoms with Crippen molar-refractivity contribution in [1.82, 2.24) is 10.3 Å². The highest BCUT2D eigenvalue weighted by Crippen LogP contribution is 2.12. The molecule has 1 rings (SSSR count). The van der Waals surface area contributed by atoms with E-state index < -0.39 is 0 Å². The first-order valence-electron chi connectivity index (χ1n) is 5.50. The third kappa shape index (κ3) is 4.59. The van der Waals surface area contributed by atoms with Crippen molar-refractivity contribution in [3.63, 3.8) is 0 Å². The van der Waals surface area contributed by atoms with Crippen LogP contribution in [0.3, 0.4) is 0 Å². The van der Waals surface area contributed by atoms with E-state index in [0.29, 0.717) is 19.3 Å². The summed E-state index contributed by atoms with van der Waals surface area (Å²) < 4.78 is 10.6. The number of ether oxygens (including phenoxy) is 2. The maximum absolute atomic E-state index is 5.60. The summed E-state index contributed by atoms with van der Waals surface area (Å²) in [6.07, 6.45) is 1.76. The largest absolute Gasteiger partial charge is 0.490 e. The number of aromatic nitrogens is 1. The first kappa shape index (κ1) is 12.9. The van der Waals surface area contributed by atoms with E-state index in [2.05, 4.69) is 17.2 Å². The maximum atomic E-state index is 5.60. The molecule has 1 heterocycles. The van der Waals surface area contributed by atoms with Crippen LogP contribution in [0.15, 0.2) is 18.3 Å². The minimum absolute atomic E-state index is 0.351. The van der Waals surface area contributed by atoms with Gasteiger partial charge in [0.1, 0.15) is 12.4 Å². The fraction of sp³-hybridized carbons (Fsp3) is 0.583. The molecule has 0 aromatic carbocycles. The number of methoxy groups -OCH3 is 1. The number of aryl methyl sites for hydroxylation is 1. The Balaban J connectivity index is 2.19. The number of nitrogens with one attached hydrogen (secondary N) is 1. The fourth-order valence-electron chi connectivity index (χ4n) is 1.40. The van der Waals surface area contributed by atoms with E-state index in [1.807, 2.05) is 19.1 Å². The molecule has 1 aromatic heterocycles. The first-order chi connectivity index (χ1) is 7.74. The molecule has 90 valence electrons. The van der Waals surface area contributed by atoms with Crippen molar-refractivity contribution in [3.8, 4) is 5.75 Å². The lowest BCUT2D eigenvalue weighted by molar-refractivity contribution is 0.169. The first-order valence-corrected chi connectivity index (χ1v) is 5.50. The second-order valence-corrected chi connectivity index (χ2v) is 3.75. The fourth-order valence-corrected chi connectivity index (χ4v) is 1.40. The summed E-state index contributed by atoms with van der Waals surface area (Å²) in [6, 6.07) is 4.16. The quantitative estimate of drug-likeness (QED) is 0.711. The van der Waals surface area contributed by atoms with Gasteiger partial charge in [-0.05, 0) is 26.0 Å². The van der Waals surface area contributed by atoms with Gasteiger partial charge in [0.15, 0.2) is 0 Å². The van der Waals surface area contributed by atoms with Crippen molar-refractivity contribution < 1.29 is 9.47 Å². The van der Waals surface area contributed by atoms with Gasteiger partial charge in [-0.25, -0.2) is 0 Å². The SMILES string of the molecule is COCC(C)NCCOc1cccnc1C. The van der Waals surface area contributed by atoms with Crippen LogP contribution in [0, 0.1) is 6.92 Å². The molecule has 1 aromatic rings. The van der Waals surface area contributed by atoms with Gasteiger partial charge in [0.2, 0.25) is 0 Å². The van der Waals surface area contributed by atoms with E-state index in [-0.39, 0.29) is 0 Å². The molecule has 0 aliphatic rings. The molecule has 0 aliphatic heterocycles. The molecule has 0 fully saturated rings. The summed E-state index contributed by atoms with van der Waals surface area (Å²) in [7, 11) is 1.70. The van der Waals surface area contributed by atoms with E-state index in [1.54, 1.807) is 13.3 Å². The van der Waals surface area contributed by atoms with Crippen molar-refractivity contribution >= 4 is 0 Å². The van der Waals surface area contributed by atoms with Gasteiger partial charge >= 0.3 is 0 Å². The minimum atomic E-state index is 0.351. The highest BCUT2D eigenvalue weighted by atomic mass is 16.5. The van der Waals surface area contributed by atoms with Crippen molar-refractivity contribution in [3.05, 3.63) is 24.0 Å². The smallest absolute Gasteiger partial charge is 0.140 e. The Morgan fingerprint density at radius 2 is 2.31 bits per heavy atom. The van der Waals surface area contributed by atoms with E-state index in [1.165, 1.54) is 0 Å². The van der Waals surface area contributed by atoms with Crippen molar-refractivity contribution in [2.24, 2.45) is 0 Å². The molecule has 0 aliphatic carbocycles. The van der Waals surface area contributed by atoms with Crippen LogP contribution in [0.1, 0.15) is 12.6 Å². The molecule has 4 nitrogen and oxygen atoms in total. The van der Waals surface area contributed by atoms with Crippen LogP contribution < -0.4 is 10.1 Å². The highest BCUT2D eigenvalue weighted by molar-refractivity contribution is 5.25. The summed E-state index contributed by atoms with van der Waals surface area (Å²) in [6.45, 7) is 6.18. The number of nitrogens with zero attached hydrogens (tertiary/aromatic N) is 1. The normalized spacial score (nSPS) is 12.4. The zero-order chi connectivity index (χ0) is 11.8. The van der Waals surface area contributed by atoms with Gasteiger partial charge in [0, 0.05) is 25.9 Å². The van der Waals surface area contributed by atoms with Crippen LogP contribution in [-0.4, -0.2) is 37.9 Å². The van der Waals surface area contributed by atoms with Crippen LogP contribution in [0.25, 0.3) is 0 Å². The van der Waals surface area contributed by atoms with Gasteiger partial charge in [0.25, 0.3) is 0 Å². The third-order valence-corrected chi connectivity index (χ3v) is 2.23. The lowest BCUT2D eigenvalue weighted by Gasteiger charge is -2.13. The van der Waals surface area contributed by atoms with Crippen molar-refractivity contribution in [2.45, 2.75) is 19.9 Å². The molecule has 0 amide bonds. The third-order valence-electron chi connectivity index (χ3n) is 2.23. The second kappa shape index (κ2) is 7.19. The molecule has 16 heavy (non-hydrogen) atoms. The van der Waals surface area contributed by atoms with Gasteiger partial charge in [-0.1, -0.05) is 0 Å². The number of pyridine rings is 1. The zero-order valence-electron chi connectivity index (χ0n) is 10.2. The Morgan fingerprint density at radius 3 is 3.00 bits per heavy atom. The monoisotopic (exact) mass is 224 g/mol. The number of hydrogen-bond acceptors (Lipinski definition) is 4. The van der Waals surface area contributed by atoms with Crippen molar-refractivity contribution in [1.29, 1.82) is 0 Å². The Bertz CT molecular complexity index is 305. The van der Waals surface area contributed by atoms with Crippen LogP contribution in [0.4, 0.5) is 0 Å². The molecule has 0 saturated heterocycles. The second-order valence-electron chi connectivity index (χ2n) is 3.75. The van der Waals surface area contributed by atoms with E-state index in [4.69, 9.17) is 9.47 Å². The summed E-state index contributed by atoms with van der Waals surface area (Å²) >= 11 is 0. The van der Waals surface area contributed by atoms with Crippen LogP contribution in [0.5, 0.6) is 5.75 Å². The predicted molar refractivity (Wildman–Crippen MR) is 63.8 cm³/mol. The molecule has 1 N–H and O–H groups in total. The Hall–Kier alpha value is -1.13. The van der Waals surface area contributed by atoms with Crippen LogP contribution >= 0.6 is 0 Å². The molecular weight excluding hydrogens is 204 g/mol. The summed E-state index contributed by atoms with van der Waals surface area (Å²) in [5.74, 6) is 0.851. The van der Waals surface area contributed by atoms with E-state index >= 15 is 0 Å². The van der Waals surface area contributed by atoms with Gasteiger partial charge in [0.05, 0.1) is 12.3 Å². The average molecular weight is 224 g/mol. The Morgan fingerprint density at radius 1 is 1.50 bits per heavy atom. The Kier molecular flexibility index (Phi) is 5.82. The van der Waals surface area contributed by atoms with Crippen LogP contribution in [-0.2, 0) is 4.74 Å². The lowest BCUT2D eigenvalue weighted by Crippen LogP contribution is -2.33. The van der Waals surface area contributed by atoms with E-state index in [9.17, 15) is 0 Å². The molecule has 4 heteroatoms. The molecule has 0 radical (unpaired) electrons. The topological polar surface area (TPSA) is 43.4 Å². The van der Waals surface area contributed by atoms with Gasteiger partial charge < -0.3 is 14.8 Å². The zero-order valence-corrected chi connectivity index (χ0v) is 10.2. The standard InChI is InChI=1S/C12H20N2O2/c1-10(9-15-3)13-7-8-16-12-5-4-6-14-11(12)2/h4-6,10,13H,7-9H2,1-3H3. The summed E-state index contributed by atoms with van der Waals surface area (Å²) in [5.41, 5.74) is 0.924. The maximum Gasteiger partial charge on any atom is 0.140 e. The number of hydrogen-bond donors (Lipinski definition) is 1. The minimum Gasteiger partial charge on any atom is -0.490 e. The molecular formula is C12H20N2O2. The van der Waals surface area contributed by atoms with Gasteiger partial charge in [-0.15, -0.1) is 0 Å². The van der Waals surface area contributed by atoms with E-state index in [0.717, 1.165) is 18.0 Å². The molecule has 0 bridgehead atoms. The van der Waals surface area contributed by atoms with Crippen molar-refractivity contribution in [2.75, 3.05) is 26.9 Å². The highest BCUT2D eigenvalue weighted by Gasteiger charge is 2.01. The average Bonchev–Trinajstić information content (AvgIpc) is 2.27. The van der Waals surface area contributed by atoms with Gasteiger partial charge in [-0.2, -0.15) is 0 Å². The lowest BCUT2D eigenvalue weighted by atomic mass is 10.3. The van der Waals surface area contributed by atoms with Crippen LogP contribution in [0.2, 0.25) is 0 Å². The molecule has 0 saturated carbocycles. The number of rotatable bonds is 7. The summed E-state index contributed by atoms with van der Waals surface area (Å²) in [4.78, 5) is 4.16. The molecule has 0 spiro atoms. The molecule has 1 atom stereocenters. The van der Waals surface area contributed by atoms with Gasteiger partial charge in [-0.3, -0.25) is 4.98 Å². The Labute approximate surface area is 97.0 Å². The summed E-state index contributed by atoms with van der Waals surface area (Å²) in [5, 5.41) is 3.30. The predicted octanol–water partition coefficient (Wildman–Crippen LogP) is 1.39.